The van der Waals surface area contributed by atoms with E-state index in [0.717, 1.165) is 59.0 Å². The zero-order valence-corrected chi connectivity index (χ0v) is 22.0. The molecule has 1 amide bonds. The molecule has 9 nitrogen and oxygen atoms in total. The summed E-state index contributed by atoms with van der Waals surface area (Å²) in [5, 5.41) is 15.7. The van der Waals surface area contributed by atoms with E-state index in [1.807, 2.05) is 48.5 Å². The Morgan fingerprint density at radius 3 is 2.82 bits per heavy atom. The van der Waals surface area contributed by atoms with Gasteiger partial charge in [0.1, 0.15) is 11.5 Å². The van der Waals surface area contributed by atoms with E-state index in [4.69, 9.17) is 4.98 Å². The molecule has 1 saturated carbocycles. The maximum absolute atomic E-state index is 13.1. The number of aromatic nitrogens is 5. The molecule has 7 rings (SSSR count). The van der Waals surface area contributed by atoms with Crippen molar-refractivity contribution in [3.8, 4) is 11.4 Å². The number of piperidine rings is 1. The average Bonchev–Trinajstić information content (AvgIpc) is 3.69. The van der Waals surface area contributed by atoms with Gasteiger partial charge in [0.15, 0.2) is 5.82 Å². The summed E-state index contributed by atoms with van der Waals surface area (Å²) < 4.78 is 0. The second kappa shape index (κ2) is 9.50. The first-order valence-electron chi connectivity index (χ1n) is 13.7. The summed E-state index contributed by atoms with van der Waals surface area (Å²) in [5.74, 6) is 1.29. The Balaban J connectivity index is 1.05. The van der Waals surface area contributed by atoms with Gasteiger partial charge in [0, 0.05) is 39.8 Å². The number of anilines is 2. The van der Waals surface area contributed by atoms with Crippen molar-refractivity contribution in [2.24, 2.45) is 5.41 Å². The monoisotopic (exact) mass is 520 g/mol. The van der Waals surface area contributed by atoms with Crippen molar-refractivity contribution in [2.75, 3.05) is 25.5 Å². The first kappa shape index (κ1) is 23.8. The van der Waals surface area contributed by atoms with Gasteiger partial charge < -0.3 is 20.5 Å². The maximum Gasteiger partial charge on any atom is 0.267 e. The van der Waals surface area contributed by atoms with Crippen molar-refractivity contribution in [3.63, 3.8) is 0 Å². The zero-order valence-electron chi connectivity index (χ0n) is 22.0. The lowest BCUT2D eigenvalue weighted by Gasteiger charge is -2.38. The lowest BCUT2D eigenvalue weighted by atomic mass is 9.77. The number of likely N-dealkylation sites (tertiary alicyclic amines) is 1. The SMILES string of the molecule is CN1CCC2(CCC(NC(=O)c3cc4ccc(-c5nccc(Nc6ccc7[nH]ncc7c6)n5)cc4[nH]3)C2)CC1. The fourth-order valence-corrected chi connectivity index (χ4v) is 6.26. The molecule has 4 heterocycles. The molecule has 1 unspecified atom stereocenters. The van der Waals surface area contributed by atoms with Gasteiger partial charge in [-0.3, -0.25) is 9.89 Å². The molecule has 2 fully saturated rings. The summed E-state index contributed by atoms with van der Waals surface area (Å²) in [6, 6.07) is 16.0. The molecule has 5 aromatic rings. The van der Waals surface area contributed by atoms with Crippen LogP contribution in [0, 0.1) is 5.41 Å². The van der Waals surface area contributed by atoms with Crippen molar-refractivity contribution in [1.82, 2.24) is 35.4 Å². The summed E-state index contributed by atoms with van der Waals surface area (Å²) in [6.45, 7) is 2.32. The molecule has 2 aromatic carbocycles. The molecule has 198 valence electrons. The molecule has 39 heavy (non-hydrogen) atoms. The van der Waals surface area contributed by atoms with Gasteiger partial charge in [-0.25, -0.2) is 9.97 Å². The topological polar surface area (TPSA) is 115 Å². The second-order valence-corrected chi connectivity index (χ2v) is 11.3. The second-order valence-electron chi connectivity index (χ2n) is 11.3. The molecule has 1 aliphatic carbocycles. The van der Waals surface area contributed by atoms with Gasteiger partial charge in [-0.2, -0.15) is 5.10 Å². The van der Waals surface area contributed by atoms with Gasteiger partial charge >= 0.3 is 0 Å². The summed E-state index contributed by atoms with van der Waals surface area (Å²) in [4.78, 5) is 28.1. The first-order chi connectivity index (χ1) is 19.0. The summed E-state index contributed by atoms with van der Waals surface area (Å²) in [6.07, 6.45) is 9.40. The molecule has 1 spiro atoms. The molecule has 0 radical (unpaired) electrons. The number of hydrogen-bond acceptors (Lipinski definition) is 6. The van der Waals surface area contributed by atoms with Crippen LogP contribution in [0.25, 0.3) is 33.2 Å². The quantitative estimate of drug-likeness (QED) is 0.252. The Morgan fingerprint density at radius 2 is 1.92 bits per heavy atom. The van der Waals surface area contributed by atoms with E-state index >= 15 is 0 Å². The number of fused-ring (bicyclic) bond motifs is 2. The molecule has 1 aliphatic heterocycles. The predicted molar refractivity (Wildman–Crippen MR) is 153 cm³/mol. The molecule has 4 N–H and O–H groups in total. The highest BCUT2D eigenvalue weighted by atomic mass is 16.1. The highest BCUT2D eigenvalue weighted by Crippen LogP contribution is 2.46. The van der Waals surface area contributed by atoms with Crippen molar-refractivity contribution in [2.45, 2.75) is 38.1 Å². The highest BCUT2D eigenvalue weighted by molar-refractivity contribution is 5.98. The van der Waals surface area contributed by atoms with Crippen LogP contribution in [0.15, 0.2) is 60.9 Å². The molecule has 2 aliphatic rings. The van der Waals surface area contributed by atoms with E-state index in [1.54, 1.807) is 12.4 Å². The largest absolute Gasteiger partial charge is 0.351 e. The van der Waals surface area contributed by atoms with Gasteiger partial charge in [0.05, 0.1) is 11.7 Å². The van der Waals surface area contributed by atoms with Crippen LogP contribution < -0.4 is 10.6 Å². The van der Waals surface area contributed by atoms with Crippen LogP contribution in [-0.2, 0) is 0 Å². The normalized spacial score (nSPS) is 19.2. The number of H-pyrrole nitrogens is 2. The van der Waals surface area contributed by atoms with Crippen molar-refractivity contribution >= 4 is 39.2 Å². The summed E-state index contributed by atoms with van der Waals surface area (Å²) >= 11 is 0. The van der Waals surface area contributed by atoms with E-state index < -0.39 is 0 Å². The average molecular weight is 521 g/mol. The molecule has 0 bridgehead atoms. The Morgan fingerprint density at radius 1 is 1.03 bits per heavy atom. The minimum Gasteiger partial charge on any atom is -0.351 e. The van der Waals surface area contributed by atoms with Crippen LogP contribution in [0.5, 0.6) is 0 Å². The third-order valence-electron chi connectivity index (χ3n) is 8.58. The van der Waals surface area contributed by atoms with E-state index in [9.17, 15) is 4.79 Å². The number of aromatic amines is 2. The van der Waals surface area contributed by atoms with E-state index in [0.29, 0.717) is 22.8 Å². The van der Waals surface area contributed by atoms with Crippen LogP contribution in [0.1, 0.15) is 42.6 Å². The maximum atomic E-state index is 13.1. The van der Waals surface area contributed by atoms with Gasteiger partial charge in [-0.1, -0.05) is 12.1 Å². The Hall–Kier alpha value is -4.24. The number of amides is 1. The van der Waals surface area contributed by atoms with Gasteiger partial charge in [-0.05, 0) is 94.1 Å². The van der Waals surface area contributed by atoms with Crippen LogP contribution >= 0.6 is 0 Å². The Bertz CT molecular complexity index is 1660. The lowest BCUT2D eigenvalue weighted by Crippen LogP contribution is -2.39. The predicted octanol–water partition coefficient (Wildman–Crippen LogP) is 5.24. The minimum absolute atomic E-state index is 0.0280. The van der Waals surface area contributed by atoms with Crippen LogP contribution in [0.4, 0.5) is 11.5 Å². The number of nitrogens with one attached hydrogen (secondary N) is 4. The van der Waals surface area contributed by atoms with Crippen molar-refractivity contribution in [1.29, 1.82) is 0 Å². The highest BCUT2D eigenvalue weighted by Gasteiger charge is 2.41. The molecule has 1 atom stereocenters. The summed E-state index contributed by atoms with van der Waals surface area (Å²) in [5.41, 5.74) is 4.69. The van der Waals surface area contributed by atoms with Crippen LogP contribution in [0.3, 0.4) is 0 Å². The molecule has 1 saturated heterocycles. The Kier molecular flexibility index (Phi) is 5.81. The van der Waals surface area contributed by atoms with E-state index in [2.05, 4.69) is 42.7 Å². The van der Waals surface area contributed by atoms with Gasteiger partial charge in [-0.15, -0.1) is 0 Å². The number of hydrogen-bond donors (Lipinski definition) is 4. The molecule has 9 heteroatoms. The molecule has 3 aromatic heterocycles. The smallest absolute Gasteiger partial charge is 0.267 e. The fourth-order valence-electron chi connectivity index (χ4n) is 6.26. The summed E-state index contributed by atoms with van der Waals surface area (Å²) in [7, 11) is 2.20. The molecular weight excluding hydrogens is 488 g/mol. The molecular formula is C30H32N8O. The number of rotatable bonds is 5. The van der Waals surface area contributed by atoms with Crippen LogP contribution in [-0.4, -0.2) is 62.1 Å². The standard InChI is InChI=1S/C30H32N8O/c1-38-12-9-30(10-13-38)8-6-23(17-30)34-29(39)26-15-19-2-3-20(16-25(19)35-26)28-31-11-7-27(36-28)33-22-4-5-24-21(14-22)18-32-37-24/h2-5,7,11,14-16,18,23,35H,6,8-10,12-13,17H2,1H3,(H,32,37)(H,34,39)(H,31,33,36). The minimum atomic E-state index is -0.0280. The van der Waals surface area contributed by atoms with Crippen molar-refractivity contribution < 1.29 is 4.79 Å². The van der Waals surface area contributed by atoms with Crippen molar-refractivity contribution in [3.05, 3.63) is 66.6 Å². The Labute approximate surface area is 226 Å². The number of benzene rings is 2. The number of carbonyl (C=O) groups is 1. The zero-order chi connectivity index (χ0) is 26.4. The van der Waals surface area contributed by atoms with Crippen LogP contribution in [0.2, 0.25) is 0 Å². The van der Waals surface area contributed by atoms with E-state index in [1.165, 1.54) is 19.3 Å². The van der Waals surface area contributed by atoms with E-state index in [-0.39, 0.29) is 11.9 Å². The lowest BCUT2D eigenvalue weighted by molar-refractivity contribution is 0.0920. The van der Waals surface area contributed by atoms with Gasteiger partial charge in [0.25, 0.3) is 5.91 Å². The third kappa shape index (κ3) is 4.74. The number of carbonyl (C=O) groups excluding carboxylic acids is 1. The van der Waals surface area contributed by atoms with Gasteiger partial charge in [0.2, 0.25) is 0 Å². The third-order valence-corrected chi connectivity index (χ3v) is 8.58. The fraction of sp³-hybridized carbons (Fsp3) is 0.333. The first-order valence-corrected chi connectivity index (χ1v) is 13.7. The number of nitrogens with zero attached hydrogens (tertiary/aromatic N) is 4.